The number of nitrogens with two attached hydrogens (primary N) is 1. The summed E-state index contributed by atoms with van der Waals surface area (Å²) in [5.41, 5.74) is 9.22. The lowest BCUT2D eigenvalue weighted by atomic mass is 9.99. The Morgan fingerprint density at radius 2 is 1.53 bits per heavy atom. The molecule has 12 heteroatoms. The third-order valence-corrected chi connectivity index (χ3v) is 7.21. The molecular formula is C31H37N7O5. The fourth-order valence-electron chi connectivity index (χ4n) is 4.83. The Morgan fingerprint density at radius 1 is 0.837 bits per heavy atom. The molecule has 0 aliphatic rings. The van der Waals surface area contributed by atoms with E-state index in [1.807, 2.05) is 30.3 Å². The van der Waals surface area contributed by atoms with Gasteiger partial charge in [0.2, 0.25) is 17.7 Å². The number of benzene rings is 2. The molecule has 0 saturated heterocycles. The van der Waals surface area contributed by atoms with Crippen LogP contribution in [-0.2, 0) is 38.4 Å². The number of H-pyrrole nitrogens is 2. The first-order chi connectivity index (χ1) is 20.6. The molecule has 2 aromatic heterocycles. The average molecular weight is 588 g/mol. The lowest BCUT2D eigenvalue weighted by Gasteiger charge is -2.27. The zero-order valence-corrected chi connectivity index (χ0v) is 24.0. The number of fused-ring (bicyclic) bond motifs is 1. The van der Waals surface area contributed by atoms with Gasteiger partial charge in [-0.3, -0.25) is 14.4 Å². The molecule has 4 rings (SSSR count). The minimum atomic E-state index is -1.20. The van der Waals surface area contributed by atoms with Gasteiger partial charge in [0.25, 0.3) is 0 Å². The highest BCUT2D eigenvalue weighted by Gasteiger charge is 2.32. The number of hydrogen-bond donors (Lipinski definition) is 7. The zero-order chi connectivity index (χ0) is 30.9. The minimum Gasteiger partial charge on any atom is -0.480 e. The summed E-state index contributed by atoms with van der Waals surface area (Å²) in [5.74, 6) is -3.37. The normalized spacial score (nSPS) is 14.0. The predicted octanol–water partition coefficient (Wildman–Crippen LogP) is 1.44. The number of aliphatic carboxylic acids is 1. The van der Waals surface area contributed by atoms with Crippen molar-refractivity contribution in [3.63, 3.8) is 0 Å². The molecule has 4 atom stereocenters. The largest absolute Gasteiger partial charge is 0.480 e. The van der Waals surface area contributed by atoms with Crippen molar-refractivity contribution < 1.29 is 24.3 Å². The van der Waals surface area contributed by atoms with Gasteiger partial charge in [0.15, 0.2) is 0 Å². The summed E-state index contributed by atoms with van der Waals surface area (Å²) in [4.78, 5) is 62.2. The molecule has 2 heterocycles. The molecule has 3 amide bonds. The van der Waals surface area contributed by atoms with Crippen LogP contribution < -0.4 is 21.7 Å². The number of para-hydroxylation sites is 1. The van der Waals surface area contributed by atoms with Crippen molar-refractivity contribution in [2.24, 2.45) is 11.7 Å². The Kier molecular flexibility index (Phi) is 10.3. The molecule has 8 N–H and O–H groups in total. The summed E-state index contributed by atoms with van der Waals surface area (Å²) in [6.07, 6.45) is 5.21. The summed E-state index contributed by atoms with van der Waals surface area (Å²) >= 11 is 0. The molecule has 43 heavy (non-hydrogen) atoms. The van der Waals surface area contributed by atoms with E-state index in [0.29, 0.717) is 5.69 Å². The Labute approximate surface area is 248 Å². The summed E-state index contributed by atoms with van der Waals surface area (Å²) in [7, 11) is 0. The number of carbonyl (C=O) groups is 4. The van der Waals surface area contributed by atoms with Gasteiger partial charge in [-0.1, -0.05) is 62.4 Å². The fraction of sp³-hybridized carbons (Fsp3) is 0.323. The van der Waals surface area contributed by atoms with Crippen molar-refractivity contribution >= 4 is 34.6 Å². The van der Waals surface area contributed by atoms with Gasteiger partial charge in [0, 0.05) is 48.3 Å². The molecule has 0 saturated carbocycles. The van der Waals surface area contributed by atoms with Crippen LogP contribution in [0.1, 0.15) is 30.7 Å². The smallest absolute Gasteiger partial charge is 0.326 e. The maximum atomic E-state index is 13.7. The number of amides is 3. The molecule has 0 aliphatic heterocycles. The van der Waals surface area contributed by atoms with Crippen LogP contribution in [-0.4, -0.2) is 67.9 Å². The van der Waals surface area contributed by atoms with Gasteiger partial charge in [-0.05, 0) is 23.1 Å². The second kappa shape index (κ2) is 14.3. The summed E-state index contributed by atoms with van der Waals surface area (Å²) < 4.78 is 0. The van der Waals surface area contributed by atoms with Crippen molar-refractivity contribution in [1.29, 1.82) is 0 Å². The first-order valence-corrected chi connectivity index (χ1v) is 14.1. The summed E-state index contributed by atoms with van der Waals surface area (Å²) in [6.45, 7) is 3.48. The molecule has 226 valence electrons. The van der Waals surface area contributed by atoms with Crippen LogP contribution in [0.25, 0.3) is 10.9 Å². The summed E-state index contributed by atoms with van der Waals surface area (Å²) in [5, 5.41) is 18.7. The van der Waals surface area contributed by atoms with Crippen LogP contribution in [0.15, 0.2) is 73.3 Å². The van der Waals surface area contributed by atoms with Crippen LogP contribution in [0.2, 0.25) is 0 Å². The lowest BCUT2D eigenvalue weighted by molar-refractivity contribution is -0.142. The number of carboxylic acids is 1. The van der Waals surface area contributed by atoms with Gasteiger partial charge in [-0.25, -0.2) is 9.78 Å². The highest BCUT2D eigenvalue weighted by atomic mass is 16.4. The molecule has 0 fully saturated rings. The molecular weight excluding hydrogens is 550 g/mol. The van der Waals surface area contributed by atoms with E-state index in [1.165, 1.54) is 6.33 Å². The van der Waals surface area contributed by atoms with E-state index in [2.05, 4.69) is 30.9 Å². The molecule has 2 aromatic carbocycles. The zero-order valence-electron chi connectivity index (χ0n) is 24.0. The Balaban J connectivity index is 1.51. The van der Waals surface area contributed by atoms with Crippen LogP contribution in [0.5, 0.6) is 0 Å². The van der Waals surface area contributed by atoms with Crippen molar-refractivity contribution in [1.82, 2.24) is 30.9 Å². The maximum Gasteiger partial charge on any atom is 0.326 e. The fourth-order valence-corrected chi connectivity index (χ4v) is 4.83. The van der Waals surface area contributed by atoms with E-state index >= 15 is 0 Å². The molecule has 0 bridgehead atoms. The number of aromatic nitrogens is 3. The number of carboxylic acid groups (broad SMARTS) is 1. The van der Waals surface area contributed by atoms with Gasteiger partial charge < -0.3 is 36.8 Å². The lowest BCUT2D eigenvalue weighted by Crippen LogP contribution is -2.59. The second-order valence-corrected chi connectivity index (χ2v) is 10.8. The number of rotatable bonds is 14. The second-order valence-electron chi connectivity index (χ2n) is 10.8. The third-order valence-electron chi connectivity index (χ3n) is 7.21. The predicted molar refractivity (Wildman–Crippen MR) is 161 cm³/mol. The van der Waals surface area contributed by atoms with E-state index in [4.69, 9.17) is 5.73 Å². The molecule has 0 aliphatic carbocycles. The third kappa shape index (κ3) is 8.29. The number of carbonyl (C=O) groups excluding carboxylic acids is 3. The topological polar surface area (TPSA) is 195 Å². The van der Waals surface area contributed by atoms with E-state index in [1.54, 1.807) is 50.5 Å². The number of aromatic amines is 2. The SMILES string of the molecule is CC(C)C(NC(=O)C(Cc1c[nH]c2ccccc12)NC(=O)C(N)Cc1cnc[nH]1)C(=O)NC(Cc1ccccc1)C(=O)O. The van der Waals surface area contributed by atoms with Gasteiger partial charge in [0.05, 0.1) is 12.4 Å². The first kappa shape index (κ1) is 31.0. The Morgan fingerprint density at radius 3 is 2.21 bits per heavy atom. The monoisotopic (exact) mass is 587 g/mol. The van der Waals surface area contributed by atoms with Crippen LogP contribution >= 0.6 is 0 Å². The van der Waals surface area contributed by atoms with Gasteiger partial charge in [-0.15, -0.1) is 0 Å². The molecule has 4 unspecified atom stereocenters. The highest BCUT2D eigenvalue weighted by Crippen LogP contribution is 2.19. The van der Waals surface area contributed by atoms with Gasteiger partial charge >= 0.3 is 5.97 Å². The van der Waals surface area contributed by atoms with Gasteiger partial charge in [-0.2, -0.15) is 0 Å². The Hall–Kier alpha value is -4.97. The standard InChI is InChI=1S/C31H37N7O5/c1-18(2)27(30(41)37-26(31(42)43)12-19-8-4-3-5-9-19)38-29(40)25(13-20-15-34-24-11-7-6-10-22(20)24)36-28(39)23(32)14-21-16-33-17-35-21/h3-11,15-18,23,25-27,34H,12-14,32H2,1-2H3,(H,33,35)(H,36,39)(H,37,41)(H,38,40)(H,42,43). The van der Waals surface area contributed by atoms with E-state index < -0.39 is 47.9 Å². The van der Waals surface area contributed by atoms with Crippen molar-refractivity contribution in [3.05, 3.63) is 90.1 Å². The highest BCUT2D eigenvalue weighted by molar-refractivity contribution is 5.95. The van der Waals surface area contributed by atoms with Crippen molar-refractivity contribution in [2.45, 2.75) is 57.3 Å². The van der Waals surface area contributed by atoms with Gasteiger partial charge in [0.1, 0.15) is 18.1 Å². The number of nitrogens with zero attached hydrogens (tertiary/aromatic N) is 1. The van der Waals surface area contributed by atoms with Crippen LogP contribution in [0.4, 0.5) is 0 Å². The van der Waals surface area contributed by atoms with Crippen LogP contribution in [0.3, 0.4) is 0 Å². The van der Waals surface area contributed by atoms with E-state index in [9.17, 15) is 24.3 Å². The molecule has 4 aromatic rings. The van der Waals surface area contributed by atoms with Crippen molar-refractivity contribution in [3.8, 4) is 0 Å². The first-order valence-electron chi connectivity index (χ1n) is 14.1. The number of nitrogens with one attached hydrogen (secondary N) is 5. The molecule has 0 radical (unpaired) electrons. The number of imidazole rings is 1. The van der Waals surface area contributed by atoms with E-state index in [0.717, 1.165) is 22.0 Å². The van der Waals surface area contributed by atoms with Crippen LogP contribution in [0, 0.1) is 5.92 Å². The molecule has 0 spiro atoms. The molecule has 12 nitrogen and oxygen atoms in total. The quantitative estimate of drug-likeness (QED) is 0.116. The Bertz CT molecular complexity index is 1530. The van der Waals surface area contributed by atoms with E-state index in [-0.39, 0.29) is 25.2 Å². The maximum absolute atomic E-state index is 13.7. The van der Waals surface area contributed by atoms with Crippen molar-refractivity contribution in [2.75, 3.05) is 0 Å². The summed E-state index contributed by atoms with van der Waals surface area (Å²) in [6, 6.07) is 12.2. The average Bonchev–Trinajstić information content (AvgIpc) is 3.65. The minimum absolute atomic E-state index is 0.0775. The number of hydrogen-bond acceptors (Lipinski definition) is 6.